The molecule has 13 nitrogen and oxygen atoms in total. The van der Waals surface area contributed by atoms with Gasteiger partial charge >= 0.3 is 0 Å². The number of fused-ring (bicyclic) bond motifs is 2. The number of rotatable bonds is 7. The van der Waals surface area contributed by atoms with Crippen LogP contribution in [-0.2, 0) is 9.59 Å². The van der Waals surface area contributed by atoms with Gasteiger partial charge in [-0.3, -0.25) is 39.1 Å². The molecule has 0 bridgehead atoms. The molecule has 56 heavy (non-hydrogen) atoms. The van der Waals surface area contributed by atoms with Crippen molar-refractivity contribution in [1.29, 1.82) is 0 Å². The first kappa shape index (κ1) is 35.5. The normalized spacial score (nSPS) is 19.4. The van der Waals surface area contributed by atoms with Gasteiger partial charge in [-0.15, -0.1) is 0 Å². The molecule has 0 aliphatic carbocycles. The van der Waals surface area contributed by atoms with Gasteiger partial charge in [-0.25, -0.2) is 9.97 Å². The van der Waals surface area contributed by atoms with Crippen molar-refractivity contribution in [3.63, 3.8) is 0 Å². The summed E-state index contributed by atoms with van der Waals surface area (Å²) in [5.41, 5.74) is 9.47. The lowest BCUT2D eigenvalue weighted by Gasteiger charge is -2.49. The summed E-state index contributed by atoms with van der Waals surface area (Å²) in [7, 11) is 3.51. The number of nitrogens with one attached hydrogen (secondary N) is 2. The van der Waals surface area contributed by atoms with E-state index in [0.717, 1.165) is 83.1 Å². The number of nitrogens with zero attached hydrogens (tertiary/aromatic N) is 6. The number of amides is 5. The van der Waals surface area contributed by atoms with E-state index in [1.165, 1.54) is 5.56 Å². The predicted octanol–water partition coefficient (Wildman–Crippen LogP) is 4.77. The third-order valence-electron chi connectivity index (χ3n) is 11.9. The number of carbonyl (C=O) groups excluding carboxylic acids is 5. The molecule has 3 aromatic carbocycles. The minimum Gasteiger partial charge on any atom is -0.368 e. The lowest BCUT2D eigenvalue weighted by molar-refractivity contribution is -0.136. The van der Waals surface area contributed by atoms with Crippen LogP contribution in [0.25, 0.3) is 33.5 Å². The minimum atomic E-state index is -0.979. The summed E-state index contributed by atoms with van der Waals surface area (Å²) < 4.78 is 0. The van der Waals surface area contributed by atoms with Gasteiger partial charge < -0.3 is 14.8 Å². The summed E-state index contributed by atoms with van der Waals surface area (Å²) in [5.74, 6) is -1.52. The Morgan fingerprint density at radius 2 is 1.62 bits per heavy atom. The molecule has 0 saturated carbocycles. The van der Waals surface area contributed by atoms with Gasteiger partial charge in [0.05, 0.1) is 28.7 Å². The zero-order valence-corrected chi connectivity index (χ0v) is 31.5. The molecule has 9 rings (SSSR count). The number of anilines is 1. The highest BCUT2D eigenvalue weighted by molar-refractivity contribution is 6.25. The van der Waals surface area contributed by atoms with E-state index in [1.54, 1.807) is 37.3 Å². The van der Waals surface area contributed by atoms with E-state index in [0.29, 0.717) is 34.3 Å². The number of hydrogen-bond acceptors (Lipinski definition) is 9. The predicted molar refractivity (Wildman–Crippen MR) is 210 cm³/mol. The number of aromatic amines is 1. The van der Waals surface area contributed by atoms with Crippen LogP contribution in [0.5, 0.6) is 0 Å². The lowest BCUT2D eigenvalue weighted by atomic mass is 9.87. The number of piperidine rings is 2. The number of imide groups is 2. The number of benzene rings is 3. The first-order valence-corrected chi connectivity index (χ1v) is 19.2. The summed E-state index contributed by atoms with van der Waals surface area (Å²) in [4.78, 5) is 84.0. The van der Waals surface area contributed by atoms with Gasteiger partial charge in [0.15, 0.2) is 5.65 Å². The van der Waals surface area contributed by atoms with Crippen molar-refractivity contribution < 1.29 is 24.0 Å². The summed E-state index contributed by atoms with van der Waals surface area (Å²) in [6.45, 7) is 5.41. The molecule has 5 amide bonds. The number of aryl methyl sites for hydroxylation is 1. The minimum absolute atomic E-state index is 0.0238. The van der Waals surface area contributed by atoms with E-state index in [4.69, 9.17) is 4.98 Å². The van der Waals surface area contributed by atoms with Crippen LogP contribution in [0.4, 0.5) is 5.69 Å². The van der Waals surface area contributed by atoms with E-state index < -0.39 is 23.8 Å². The summed E-state index contributed by atoms with van der Waals surface area (Å²) >= 11 is 0. The third-order valence-corrected chi connectivity index (χ3v) is 11.9. The second-order valence-corrected chi connectivity index (χ2v) is 15.5. The maximum atomic E-state index is 13.6. The highest BCUT2D eigenvalue weighted by atomic mass is 16.2. The monoisotopic (exact) mass is 750 g/mol. The Kier molecular flexibility index (Phi) is 8.76. The highest BCUT2D eigenvalue weighted by Gasteiger charge is 2.47. The van der Waals surface area contributed by atoms with E-state index in [1.807, 2.05) is 37.4 Å². The molecule has 0 spiro atoms. The smallest absolute Gasteiger partial charge is 0.264 e. The van der Waals surface area contributed by atoms with Crippen LogP contribution < -0.4 is 10.2 Å². The molecule has 2 N–H and O–H groups in total. The van der Waals surface area contributed by atoms with E-state index in [-0.39, 0.29) is 24.7 Å². The van der Waals surface area contributed by atoms with Gasteiger partial charge in [0.2, 0.25) is 11.8 Å². The fraction of sp³-hybridized carbons (Fsp3) is 0.326. The van der Waals surface area contributed by atoms with E-state index in [9.17, 15) is 24.0 Å². The molecule has 1 atom stereocenters. The molecule has 4 aliphatic rings. The molecule has 6 heterocycles. The average Bonchev–Trinajstić information content (AvgIpc) is 3.72. The van der Waals surface area contributed by atoms with Gasteiger partial charge in [-0.1, -0.05) is 42.5 Å². The Hall–Kier alpha value is -6.21. The number of likely N-dealkylation sites (tertiary alicyclic amines) is 1. The van der Waals surface area contributed by atoms with Crippen LogP contribution in [-0.4, -0.2) is 112 Å². The highest BCUT2D eigenvalue weighted by Crippen LogP contribution is 2.38. The van der Waals surface area contributed by atoms with Gasteiger partial charge in [0.25, 0.3) is 17.7 Å². The van der Waals surface area contributed by atoms with Crippen LogP contribution in [0.2, 0.25) is 0 Å². The standard InChI is InChI=1S/C43H42N8O5/c1-24-19-28(11-12-30(24)41(54)48(2)3)32-20-44-39-38(32)46-33(21-45-39)27-9-7-25(8-10-27)26-15-17-49(18-16-26)29-22-50(23-29)34-6-4-5-31-37(34)43(56)51(42(31)55)35-13-14-36(52)47-40(35)53/h4-12,19-21,26,29,35H,13-18,22-23H2,1-3H3,(H,44,45)(H,47,52,53). The first-order valence-electron chi connectivity index (χ1n) is 19.2. The first-order chi connectivity index (χ1) is 27.0. The van der Waals surface area contributed by atoms with Crippen LogP contribution in [0.1, 0.15) is 73.8 Å². The van der Waals surface area contributed by atoms with E-state index in [2.05, 4.69) is 49.4 Å². The number of carbonyl (C=O) groups is 5. The van der Waals surface area contributed by atoms with Crippen LogP contribution >= 0.6 is 0 Å². The molecule has 0 radical (unpaired) electrons. The molecule has 1 unspecified atom stereocenters. The molecule has 284 valence electrons. The SMILES string of the molecule is Cc1cc(-c2c[nH]c3ncc(-c4ccc(C5CCN(C6CN(c7cccc8c7C(=O)N(C7CCC(=O)NC7=O)C8=O)C6)CC5)cc4)nc23)ccc1C(=O)N(C)C. The molecule has 5 aromatic rings. The van der Waals surface area contributed by atoms with Crippen LogP contribution in [0.15, 0.2) is 73.1 Å². The maximum Gasteiger partial charge on any atom is 0.264 e. The molecule has 4 aliphatic heterocycles. The molecule has 2 aromatic heterocycles. The summed E-state index contributed by atoms with van der Waals surface area (Å²) in [5, 5.41) is 2.26. The van der Waals surface area contributed by atoms with Crippen LogP contribution in [0.3, 0.4) is 0 Å². The molecule has 3 saturated heterocycles. The maximum absolute atomic E-state index is 13.6. The summed E-state index contributed by atoms with van der Waals surface area (Å²) in [6, 6.07) is 19.2. The van der Waals surface area contributed by atoms with Crippen molar-refractivity contribution in [3.8, 4) is 22.4 Å². The van der Waals surface area contributed by atoms with Gasteiger partial charge in [-0.05, 0) is 80.1 Å². The lowest BCUT2D eigenvalue weighted by Crippen LogP contribution is -2.61. The zero-order chi connectivity index (χ0) is 38.8. The topological polar surface area (TPSA) is 152 Å². The van der Waals surface area contributed by atoms with Gasteiger partial charge in [0, 0.05) is 62.5 Å². The molecular weight excluding hydrogens is 709 g/mol. The zero-order valence-electron chi connectivity index (χ0n) is 31.5. The van der Waals surface area contributed by atoms with Gasteiger partial charge in [-0.2, -0.15) is 0 Å². The Morgan fingerprint density at radius 1 is 0.875 bits per heavy atom. The van der Waals surface area contributed by atoms with Crippen molar-refractivity contribution in [2.24, 2.45) is 0 Å². The Balaban J connectivity index is 0.827. The quantitative estimate of drug-likeness (QED) is 0.224. The van der Waals surface area contributed by atoms with Crippen molar-refractivity contribution in [3.05, 3.63) is 101 Å². The Labute approximate surface area is 323 Å². The van der Waals surface area contributed by atoms with Crippen molar-refractivity contribution in [1.82, 2.24) is 35.0 Å². The van der Waals surface area contributed by atoms with Crippen molar-refractivity contribution >= 4 is 46.4 Å². The fourth-order valence-corrected chi connectivity index (χ4v) is 8.73. The Bertz CT molecular complexity index is 2440. The third kappa shape index (κ3) is 6.02. The summed E-state index contributed by atoms with van der Waals surface area (Å²) in [6.07, 6.45) is 6.03. The second-order valence-electron chi connectivity index (χ2n) is 15.5. The average molecular weight is 751 g/mol. The number of H-pyrrole nitrogens is 1. The molecular formula is C43H42N8O5. The number of hydrogen-bond donors (Lipinski definition) is 2. The fourth-order valence-electron chi connectivity index (χ4n) is 8.73. The molecule has 3 fully saturated rings. The largest absolute Gasteiger partial charge is 0.368 e. The van der Waals surface area contributed by atoms with Crippen molar-refractivity contribution in [2.45, 2.75) is 50.6 Å². The van der Waals surface area contributed by atoms with Gasteiger partial charge in [0.1, 0.15) is 11.6 Å². The van der Waals surface area contributed by atoms with Crippen LogP contribution in [0, 0.1) is 6.92 Å². The molecule has 13 heteroatoms. The number of aromatic nitrogens is 3. The van der Waals surface area contributed by atoms with E-state index >= 15 is 0 Å². The second kappa shape index (κ2) is 13.8. The Morgan fingerprint density at radius 3 is 2.34 bits per heavy atom. The van der Waals surface area contributed by atoms with Crippen molar-refractivity contribution in [2.75, 3.05) is 45.2 Å².